The van der Waals surface area contributed by atoms with E-state index in [0.717, 1.165) is 5.69 Å². The van der Waals surface area contributed by atoms with E-state index in [1.165, 1.54) is 28.8 Å². The summed E-state index contributed by atoms with van der Waals surface area (Å²) in [5, 5.41) is 2.96. The van der Waals surface area contributed by atoms with Gasteiger partial charge in [0.05, 0.1) is 0 Å². The van der Waals surface area contributed by atoms with E-state index in [2.05, 4.69) is 97.9 Å². The minimum Gasteiger partial charge on any atom is -1.00 e. The third-order valence-electron chi connectivity index (χ3n) is 5.09. The number of hydrogen-bond donors (Lipinski definition) is 1. The number of nitrogen functional groups attached to an aromatic ring is 1. The summed E-state index contributed by atoms with van der Waals surface area (Å²) >= 11 is 0. The average Bonchev–Trinajstić information content (AvgIpc) is 2.86. The molecule has 4 rings (SSSR count). The molecule has 0 heterocycles. The molecule has 9 heteroatoms. The fourth-order valence-corrected chi connectivity index (χ4v) is 5.87. The molecule has 0 bridgehead atoms. The van der Waals surface area contributed by atoms with Crippen LogP contribution in [0.5, 0.6) is 0 Å². The second-order valence-electron chi connectivity index (χ2n) is 7.83. The quantitative estimate of drug-likeness (QED) is 0.139. The first-order valence-electron chi connectivity index (χ1n) is 11.3. The Kier molecular flexibility index (Phi) is 17.8. The maximum absolute atomic E-state index is 9.75. The minimum atomic E-state index is -6.00. The molecule has 0 unspecified atom stereocenters. The summed E-state index contributed by atoms with van der Waals surface area (Å²) in [4.78, 5) is 0. The van der Waals surface area contributed by atoms with Gasteiger partial charge in [0.25, 0.3) is 0 Å². The normalized spacial score (nSPS) is 10.9. The summed E-state index contributed by atoms with van der Waals surface area (Å²) in [6.45, 7) is 2.35. The van der Waals surface area contributed by atoms with Crippen LogP contribution in [0.4, 0.5) is 23.0 Å². The van der Waals surface area contributed by atoms with Crippen molar-refractivity contribution in [2.45, 2.75) is 19.3 Å². The Hall–Kier alpha value is -2.19. The molecule has 0 aliphatic carbocycles. The summed E-state index contributed by atoms with van der Waals surface area (Å²) in [7, 11) is -6.27. The number of nitrogens with two attached hydrogens (primary N) is 1. The van der Waals surface area contributed by atoms with Gasteiger partial charge in [0.15, 0.2) is 0 Å². The summed E-state index contributed by atoms with van der Waals surface area (Å²) in [6, 6.07) is 42.4. The molecule has 1 atom stereocenters. The maximum atomic E-state index is 9.75. The molecule has 4 aromatic carbocycles. The Labute approximate surface area is 237 Å². The number of halogens is 5. The van der Waals surface area contributed by atoms with Crippen LogP contribution in [0, 0.1) is 0 Å². The first-order valence-corrected chi connectivity index (χ1v) is 12.9. The SMILES string of the molecule is C[C@H](CCP(c1ccccc1)c1ccccc1)c1ccccc1.F[B-](F)(F)F.Nc1ccccc1.[Cl-].[Ru+2]. The third-order valence-corrected chi connectivity index (χ3v) is 7.64. The molecular formula is C28H30BClF4NPRu. The Morgan fingerprint density at radius 1 is 0.649 bits per heavy atom. The van der Waals surface area contributed by atoms with E-state index in [4.69, 9.17) is 5.73 Å². The van der Waals surface area contributed by atoms with Crippen LogP contribution in [0.25, 0.3) is 0 Å². The smallest absolute Gasteiger partial charge is 1.00 e. The first-order chi connectivity index (χ1) is 16.7. The second-order valence-corrected chi connectivity index (χ2v) is 10.2. The maximum Gasteiger partial charge on any atom is 2.00 e. The molecule has 198 valence electrons. The molecule has 0 aliphatic heterocycles. The van der Waals surface area contributed by atoms with Crippen molar-refractivity contribution in [3.8, 4) is 0 Å². The molecule has 0 spiro atoms. The van der Waals surface area contributed by atoms with Gasteiger partial charge < -0.3 is 35.4 Å². The van der Waals surface area contributed by atoms with E-state index in [-0.39, 0.29) is 39.8 Å². The first kappa shape index (κ1) is 34.8. The van der Waals surface area contributed by atoms with E-state index in [9.17, 15) is 17.3 Å². The molecule has 37 heavy (non-hydrogen) atoms. The molecule has 0 amide bonds. The second kappa shape index (κ2) is 19.0. The number of anilines is 1. The predicted molar refractivity (Wildman–Crippen MR) is 144 cm³/mol. The van der Waals surface area contributed by atoms with Crippen LogP contribution in [0.3, 0.4) is 0 Å². The van der Waals surface area contributed by atoms with Crippen molar-refractivity contribution in [1.29, 1.82) is 0 Å². The molecule has 0 saturated heterocycles. The van der Waals surface area contributed by atoms with Crippen molar-refractivity contribution < 1.29 is 49.1 Å². The van der Waals surface area contributed by atoms with Crippen LogP contribution in [0.2, 0.25) is 0 Å². The molecule has 4 aromatic rings. The Morgan fingerprint density at radius 3 is 1.30 bits per heavy atom. The topological polar surface area (TPSA) is 26.0 Å². The number of rotatable bonds is 6. The van der Waals surface area contributed by atoms with Crippen molar-refractivity contribution in [1.82, 2.24) is 0 Å². The van der Waals surface area contributed by atoms with Gasteiger partial charge in [-0.15, -0.1) is 0 Å². The van der Waals surface area contributed by atoms with Crippen LogP contribution in [0.1, 0.15) is 24.8 Å². The molecule has 0 aromatic heterocycles. The fraction of sp³-hybridized carbons (Fsp3) is 0.143. The standard InChI is InChI=1S/C22H23P.C6H7N.BF4.ClH.Ru/c1-19(20-11-5-2-6-12-20)17-18-23(21-13-7-3-8-14-21)22-15-9-4-10-16-22;7-6-4-2-1-3-5-6;2-1(3,4)5;;/h2-16,19H,17-18H2,1H3;1-5H,7H2;;1H;/q;;-1;;+2/p-1/t19-;;;;/m1..../s1. The monoisotopic (exact) mass is 635 g/mol. The molecule has 2 N–H and O–H groups in total. The van der Waals surface area contributed by atoms with Crippen molar-refractivity contribution in [3.05, 3.63) is 127 Å². The van der Waals surface area contributed by atoms with Crippen LogP contribution < -0.4 is 28.7 Å². The van der Waals surface area contributed by atoms with Crippen LogP contribution in [0.15, 0.2) is 121 Å². The number of para-hydroxylation sites is 1. The van der Waals surface area contributed by atoms with Gasteiger partial charge in [0, 0.05) is 5.69 Å². The zero-order chi connectivity index (χ0) is 25.5. The van der Waals surface area contributed by atoms with E-state index >= 15 is 0 Å². The minimum absolute atomic E-state index is 0. The summed E-state index contributed by atoms with van der Waals surface area (Å²) in [5.74, 6) is 0.605. The van der Waals surface area contributed by atoms with Gasteiger partial charge in [-0.2, -0.15) is 0 Å². The van der Waals surface area contributed by atoms with Crippen LogP contribution >= 0.6 is 7.92 Å². The largest absolute Gasteiger partial charge is 2.00 e. The molecule has 1 nitrogen and oxygen atoms in total. The Morgan fingerprint density at radius 2 is 0.973 bits per heavy atom. The van der Waals surface area contributed by atoms with E-state index < -0.39 is 7.25 Å². The van der Waals surface area contributed by atoms with Crippen molar-refractivity contribution in [2.75, 3.05) is 11.9 Å². The molecule has 0 aliphatic rings. The van der Waals surface area contributed by atoms with Gasteiger partial charge >= 0.3 is 26.7 Å². The predicted octanol–water partition coefficient (Wildman–Crippen LogP) is 4.88. The number of benzene rings is 4. The van der Waals surface area contributed by atoms with E-state index in [0.29, 0.717) is 5.92 Å². The molecule has 0 fully saturated rings. The zero-order valence-electron chi connectivity index (χ0n) is 20.4. The van der Waals surface area contributed by atoms with E-state index in [1.54, 1.807) is 0 Å². The zero-order valence-corrected chi connectivity index (χ0v) is 23.8. The van der Waals surface area contributed by atoms with Crippen LogP contribution in [-0.4, -0.2) is 13.4 Å². The van der Waals surface area contributed by atoms with Crippen molar-refractivity contribution in [3.63, 3.8) is 0 Å². The van der Waals surface area contributed by atoms with Gasteiger partial charge in [-0.3, -0.25) is 0 Å². The molecular weight excluding hydrogens is 605 g/mol. The van der Waals surface area contributed by atoms with Gasteiger partial charge in [-0.1, -0.05) is 116 Å². The summed E-state index contributed by atoms with van der Waals surface area (Å²) in [6.07, 6.45) is 2.46. The fourth-order valence-electron chi connectivity index (χ4n) is 3.35. The molecule has 0 radical (unpaired) electrons. The summed E-state index contributed by atoms with van der Waals surface area (Å²) < 4.78 is 39.0. The van der Waals surface area contributed by atoms with Gasteiger partial charge in [0.2, 0.25) is 0 Å². The van der Waals surface area contributed by atoms with Crippen molar-refractivity contribution >= 4 is 31.5 Å². The molecule has 0 saturated carbocycles. The van der Waals surface area contributed by atoms with Crippen molar-refractivity contribution in [2.24, 2.45) is 0 Å². The Bertz CT molecular complexity index is 1030. The third kappa shape index (κ3) is 15.6. The van der Waals surface area contributed by atoms with Gasteiger partial charge in [-0.05, 0) is 54.7 Å². The summed E-state index contributed by atoms with van der Waals surface area (Å²) in [5.41, 5.74) is 7.63. The van der Waals surface area contributed by atoms with Gasteiger partial charge in [0.1, 0.15) is 0 Å². The van der Waals surface area contributed by atoms with Gasteiger partial charge in [-0.25, -0.2) is 0 Å². The Balaban J connectivity index is 0.000000772. The van der Waals surface area contributed by atoms with E-state index in [1.807, 2.05) is 30.3 Å². The van der Waals surface area contributed by atoms with Crippen LogP contribution in [-0.2, 0) is 19.5 Å². The number of hydrogen-bond acceptors (Lipinski definition) is 1. The average molecular weight is 635 g/mol.